The van der Waals surface area contributed by atoms with Gasteiger partial charge in [-0.3, -0.25) is 9.74 Å². The molecule has 1 N–H and O–H groups in total. The Bertz CT molecular complexity index is 660. The van der Waals surface area contributed by atoms with Crippen LogP contribution in [0.15, 0.2) is 18.2 Å². The van der Waals surface area contributed by atoms with Gasteiger partial charge in [-0.1, -0.05) is 6.07 Å². The van der Waals surface area contributed by atoms with Crippen molar-refractivity contribution in [2.24, 2.45) is 0 Å². The van der Waals surface area contributed by atoms with Crippen molar-refractivity contribution >= 4 is 6.09 Å². The van der Waals surface area contributed by atoms with Crippen LogP contribution >= 0.6 is 0 Å². The normalized spacial score (nSPS) is 19.2. The summed E-state index contributed by atoms with van der Waals surface area (Å²) in [7, 11) is 2.99. The Morgan fingerprint density at radius 3 is 2.62 bits per heavy atom. The van der Waals surface area contributed by atoms with E-state index in [1.54, 1.807) is 12.0 Å². The number of rotatable bonds is 8. The van der Waals surface area contributed by atoms with Gasteiger partial charge in [0.05, 0.1) is 20.8 Å². The summed E-state index contributed by atoms with van der Waals surface area (Å²) in [6.07, 6.45) is 0.0920. The van der Waals surface area contributed by atoms with Gasteiger partial charge in [0.1, 0.15) is 12.7 Å². The van der Waals surface area contributed by atoms with E-state index in [1.807, 2.05) is 23.3 Å². The molecule has 0 bridgehead atoms. The Balaban J connectivity index is 1.47. The lowest BCUT2D eigenvalue weighted by atomic mass is 10.2. The van der Waals surface area contributed by atoms with Crippen molar-refractivity contribution in [1.82, 2.24) is 14.9 Å². The number of carbonyl (C=O) groups excluding carboxylic acids is 1. The molecule has 1 aromatic carbocycles. The monoisotopic (exact) mass is 409 g/mol. The highest BCUT2D eigenvalue weighted by atomic mass is 16.7. The van der Waals surface area contributed by atoms with Crippen LogP contribution in [-0.2, 0) is 16.1 Å². The summed E-state index contributed by atoms with van der Waals surface area (Å²) in [6.45, 7) is 5.60. The van der Waals surface area contributed by atoms with Crippen molar-refractivity contribution in [1.29, 1.82) is 0 Å². The molecule has 1 unspecified atom stereocenters. The van der Waals surface area contributed by atoms with Crippen LogP contribution in [0.25, 0.3) is 0 Å². The Labute approximate surface area is 171 Å². The Morgan fingerprint density at radius 2 is 1.97 bits per heavy atom. The number of aliphatic hydroxyl groups is 1. The maximum atomic E-state index is 11.5. The first-order valence-corrected chi connectivity index (χ1v) is 10.00. The summed E-state index contributed by atoms with van der Waals surface area (Å²) in [4.78, 5) is 20.9. The van der Waals surface area contributed by atoms with E-state index in [4.69, 9.17) is 19.0 Å². The number of nitrogens with zero attached hydrogens (tertiary/aromatic N) is 3. The largest absolute Gasteiger partial charge is 0.493 e. The van der Waals surface area contributed by atoms with Crippen LogP contribution in [0.5, 0.6) is 11.5 Å². The third kappa shape index (κ3) is 6.20. The molecule has 0 saturated carbocycles. The SMILES string of the molecule is COC(=O)N1CCN(CC(O)COc2cc(CN3CCCO3)ccc2OC)CC1. The molecule has 9 heteroatoms. The second kappa shape index (κ2) is 10.6. The van der Waals surface area contributed by atoms with Crippen molar-refractivity contribution in [3.63, 3.8) is 0 Å². The van der Waals surface area contributed by atoms with Gasteiger partial charge in [-0.15, -0.1) is 0 Å². The number of aliphatic hydroxyl groups excluding tert-OH is 1. The molecule has 0 aliphatic carbocycles. The summed E-state index contributed by atoms with van der Waals surface area (Å²) in [5, 5.41) is 12.3. The van der Waals surface area contributed by atoms with Gasteiger partial charge in [-0.05, 0) is 24.1 Å². The van der Waals surface area contributed by atoms with Gasteiger partial charge in [0.25, 0.3) is 0 Å². The molecule has 0 radical (unpaired) electrons. The first-order valence-electron chi connectivity index (χ1n) is 10.00. The number of benzene rings is 1. The van der Waals surface area contributed by atoms with E-state index in [9.17, 15) is 9.90 Å². The molecule has 2 heterocycles. The van der Waals surface area contributed by atoms with E-state index in [2.05, 4.69) is 4.90 Å². The second-order valence-corrected chi connectivity index (χ2v) is 7.26. The fraction of sp³-hybridized carbons (Fsp3) is 0.650. The number of hydrogen-bond acceptors (Lipinski definition) is 8. The van der Waals surface area contributed by atoms with Crippen molar-refractivity contribution in [2.75, 3.05) is 66.7 Å². The quantitative estimate of drug-likeness (QED) is 0.680. The van der Waals surface area contributed by atoms with Gasteiger partial charge < -0.3 is 24.2 Å². The lowest BCUT2D eigenvalue weighted by Crippen LogP contribution is -2.50. The van der Waals surface area contributed by atoms with Crippen LogP contribution < -0.4 is 9.47 Å². The van der Waals surface area contributed by atoms with E-state index >= 15 is 0 Å². The number of amides is 1. The molecule has 162 valence electrons. The lowest BCUT2D eigenvalue weighted by molar-refractivity contribution is -0.117. The zero-order valence-electron chi connectivity index (χ0n) is 17.2. The number of hydroxylamine groups is 2. The van der Waals surface area contributed by atoms with Gasteiger partial charge in [-0.25, -0.2) is 4.79 Å². The number of ether oxygens (including phenoxy) is 3. The molecule has 1 atom stereocenters. The predicted octanol–water partition coefficient (Wildman–Crippen LogP) is 0.956. The van der Waals surface area contributed by atoms with Crippen molar-refractivity contribution in [3.05, 3.63) is 23.8 Å². The van der Waals surface area contributed by atoms with Crippen LogP contribution in [0.2, 0.25) is 0 Å². The first-order chi connectivity index (χ1) is 14.1. The van der Waals surface area contributed by atoms with Gasteiger partial charge in [-0.2, -0.15) is 5.06 Å². The third-order valence-corrected chi connectivity index (χ3v) is 5.12. The Morgan fingerprint density at radius 1 is 1.17 bits per heavy atom. The summed E-state index contributed by atoms with van der Waals surface area (Å²) < 4.78 is 16.0. The average Bonchev–Trinajstić information content (AvgIpc) is 3.25. The summed E-state index contributed by atoms with van der Waals surface area (Å²) in [5.74, 6) is 1.24. The number of hydrogen-bond donors (Lipinski definition) is 1. The maximum absolute atomic E-state index is 11.5. The van der Waals surface area contributed by atoms with E-state index in [0.29, 0.717) is 50.8 Å². The van der Waals surface area contributed by atoms with Crippen LogP contribution in [0.1, 0.15) is 12.0 Å². The zero-order chi connectivity index (χ0) is 20.6. The van der Waals surface area contributed by atoms with Gasteiger partial charge in [0.15, 0.2) is 11.5 Å². The fourth-order valence-corrected chi connectivity index (χ4v) is 3.54. The Hall–Kier alpha value is -2.07. The van der Waals surface area contributed by atoms with Crippen molar-refractivity contribution in [2.45, 2.75) is 19.1 Å². The maximum Gasteiger partial charge on any atom is 0.409 e. The summed E-state index contributed by atoms with van der Waals surface area (Å²) in [6, 6.07) is 5.80. The molecular weight excluding hydrogens is 378 g/mol. The minimum Gasteiger partial charge on any atom is -0.493 e. The van der Waals surface area contributed by atoms with Gasteiger partial charge in [0, 0.05) is 45.8 Å². The summed E-state index contributed by atoms with van der Waals surface area (Å²) >= 11 is 0. The minimum atomic E-state index is -0.644. The smallest absolute Gasteiger partial charge is 0.409 e. The molecule has 2 saturated heterocycles. The zero-order valence-corrected chi connectivity index (χ0v) is 17.2. The molecule has 29 heavy (non-hydrogen) atoms. The molecular formula is C20H31N3O6. The lowest BCUT2D eigenvalue weighted by Gasteiger charge is -2.34. The third-order valence-electron chi connectivity index (χ3n) is 5.12. The van der Waals surface area contributed by atoms with Crippen LogP contribution in [0, 0.1) is 0 Å². The van der Waals surface area contributed by atoms with Crippen LogP contribution in [0.4, 0.5) is 4.79 Å². The molecule has 0 spiro atoms. The molecule has 2 aliphatic heterocycles. The van der Waals surface area contributed by atoms with E-state index in [0.717, 1.165) is 25.1 Å². The standard InChI is InChI=1S/C20H31N3O6/c1-26-18-5-4-16(13-23-6-3-11-29-23)12-19(18)28-15-17(24)14-21-7-9-22(10-8-21)20(25)27-2/h4-5,12,17,24H,3,6-11,13-15H2,1-2H3. The van der Waals surface area contributed by atoms with E-state index in [1.165, 1.54) is 7.11 Å². The van der Waals surface area contributed by atoms with Crippen LogP contribution in [0.3, 0.4) is 0 Å². The highest BCUT2D eigenvalue weighted by Gasteiger charge is 2.23. The molecule has 2 fully saturated rings. The van der Waals surface area contributed by atoms with E-state index in [-0.39, 0.29) is 12.7 Å². The topological polar surface area (TPSA) is 83.9 Å². The average molecular weight is 409 g/mol. The Kier molecular flexibility index (Phi) is 7.93. The molecule has 2 aliphatic rings. The van der Waals surface area contributed by atoms with Gasteiger partial charge in [0.2, 0.25) is 0 Å². The highest BCUT2D eigenvalue weighted by Crippen LogP contribution is 2.29. The molecule has 9 nitrogen and oxygen atoms in total. The molecule has 1 aromatic rings. The van der Waals surface area contributed by atoms with E-state index < -0.39 is 6.10 Å². The van der Waals surface area contributed by atoms with Crippen LogP contribution in [-0.4, -0.2) is 98.9 Å². The van der Waals surface area contributed by atoms with Gasteiger partial charge >= 0.3 is 6.09 Å². The fourth-order valence-electron chi connectivity index (χ4n) is 3.54. The van der Waals surface area contributed by atoms with Crippen molar-refractivity contribution in [3.8, 4) is 11.5 Å². The number of methoxy groups -OCH3 is 2. The number of β-amino-alcohol motifs (C(OH)–C–C–N with tert-alkyl or cyclic N) is 1. The molecule has 0 aromatic heterocycles. The summed E-state index contributed by atoms with van der Waals surface area (Å²) in [5.41, 5.74) is 1.07. The second-order valence-electron chi connectivity index (χ2n) is 7.26. The molecule has 3 rings (SSSR count). The van der Waals surface area contributed by atoms with Crippen molar-refractivity contribution < 1.29 is 28.9 Å². The predicted molar refractivity (Wildman–Crippen MR) is 106 cm³/mol. The highest BCUT2D eigenvalue weighted by molar-refractivity contribution is 5.67. The molecule has 1 amide bonds. The number of carbonyl (C=O) groups is 1. The first kappa shape index (κ1) is 21.6. The number of piperazine rings is 1. The minimum absolute atomic E-state index is 0.164.